The van der Waals surface area contributed by atoms with Crippen molar-refractivity contribution in [1.29, 1.82) is 5.26 Å². The number of rotatable bonds is 5. The zero-order valence-corrected chi connectivity index (χ0v) is 14.4. The standard InChI is InChI=1S/C18H22N4O2/c1-21-8-5-17-16(12-21)18(20-22(17)7-4-6-19)13-9-14(23-2)11-15(10-13)24-3/h9-11H,4-5,7-8,12H2,1-3H3. The summed E-state index contributed by atoms with van der Waals surface area (Å²) in [6.07, 6.45) is 1.41. The quantitative estimate of drug-likeness (QED) is 0.844. The molecule has 0 N–H and O–H groups in total. The third-order valence-corrected chi connectivity index (χ3v) is 4.39. The van der Waals surface area contributed by atoms with E-state index in [-0.39, 0.29) is 0 Å². The first-order valence-corrected chi connectivity index (χ1v) is 8.03. The Bertz CT molecular complexity index is 754. The van der Waals surface area contributed by atoms with Crippen molar-refractivity contribution in [1.82, 2.24) is 14.7 Å². The fraction of sp³-hybridized carbons (Fsp3) is 0.444. The molecule has 0 atom stereocenters. The van der Waals surface area contributed by atoms with Crippen LogP contribution in [0.4, 0.5) is 0 Å². The number of likely N-dealkylation sites (N-methyl/N-ethyl adjacent to an activating group) is 1. The molecule has 6 nitrogen and oxygen atoms in total. The van der Waals surface area contributed by atoms with Crippen LogP contribution in [-0.2, 0) is 19.5 Å². The second-order valence-corrected chi connectivity index (χ2v) is 5.99. The molecular weight excluding hydrogens is 304 g/mol. The monoisotopic (exact) mass is 326 g/mol. The first-order chi connectivity index (χ1) is 11.7. The molecule has 2 heterocycles. The van der Waals surface area contributed by atoms with Crippen molar-refractivity contribution >= 4 is 0 Å². The van der Waals surface area contributed by atoms with E-state index in [1.165, 1.54) is 11.3 Å². The van der Waals surface area contributed by atoms with Crippen LogP contribution in [-0.4, -0.2) is 42.5 Å². The number of aromatic nitrogens is 2. The van der Waals surface area contributed by atoms with Crippen molar-refractivity contribution < 1.29 is 9.47 Å². The van der Waals surface area contributed by atoms with E-state index in [2.05, 4.69) is 18.0 Å². The van der Waals surface area contributed by atoms with E-state index < -0.39 is 0 Å². The molecule has 0 unspecified atom stereocenters. The molecule has 1 aromatic carbocycles. The summed E-state index contributed by atoms with van der Waals surface area (Å²) in [5, 5.41) is 13.7. The SMILES string of the molecule is COc1cc(OC)cc(-c2nn(CCC#N)c3c2CN(C)CC3)c1. The smallest absolute Gasteiger partial charge is 0.123 e. The van der Waals surface area contributed by atoms with E-state index in [9.17, 15) is 0 Å². The van der Waals surface area contributed by atoms with E-state index in [1.807, 2.05) is 22.9 Å². The van der Waals surface area contributed by atoms with Gasteiger partial charge in [0.15, 0.2) is 0 Å². The van der Waals surface area contributed by atoms with Gasteiger partial charge >= 0.3 is 0 Å². The van der Waals surface area contributed by atoms with Gasteiger partial charge in [-0.1, -0.05) is 0 Å². The largest absolute Gasteiger partial charge is 0.497 e. The van der Waals surface area contributed by atoms with Crippen molar-refractivity contribution in [3.8, 4) is 28.8 Å². The minimum Gasteiger partial charge on any atom is -0.497 e. The average molecular weight is 326 g/mol. The van der Waals surface area contributed by atoms with Crippen molar-refractivity contribution in [3.05, 3.63) is 29.5 Å². The molecule has 0 aliphatic carbocycles. The van der Waals surface area contributed by atoms with Crippen molar-refractivity contribution in [2.24, 2.45) is 0 Å². The van der Waals surface area contributed by atoms with Crippen molar-refractivity contribution in [2.75, 3.05) is 27.8 Å². The molecule has 24 heavy (non-hydrogen) atoms. The number of benzene rings is 1. The summed E-state index contributed by atoms with van der Waals surface area (Å²) in [6, 6.07) is 8.02. The molecule has 0 amide bonds. The Morgan fingerprint density at radius 1 is 1.21 bits per heavy atom. The van der Waals surface area contributed by atoms with Gasteiger partial charge in [-0.2, -0.15) is 10.4 Å². The number of nitrogens with zero attached hydrogens (tertiary/aromatic N) is 4. The molecule has 0 radical (unpaired) electrons. The first kappa shape index (κ1) is 16.3. The molecule has 0 saturated carbocycles. The molecule has 0 fully saturated rings. The summed E-state index contributed by atoms with van der Waals surface area (Å²) in [7, 11) is 5.41. The summed E-state index contributed by atoms with van der Waals surface area (Å²) in [5.41, 5.74) is 4.40. The normalized spacial score (nSPS) is 14.1. The number of methoxy groups -OCH3 is 2. The van der Waals surface area contributed by atoms with Crippen molar-refractivity contribution in [2.45, 2.75) is 25.9 Å². The third-order valence-electron chi connectivity index (χ3n) is 4.39. The molecule has 1 aliphatic heterocycles. The maximum atomic E-state index is 8.90. The van der Waals surface area contributed by atoms with Crippen LogP contribution in [0.1, 0.15) is 17.7 Å². The highest BCUT2D eigenvalue weighted by molar-refractivity contribution is 5.68. The Morgan fingerprint density at radius 2 is 1.92 bits per heavy atom. The number of ether oxygens (including phenoxy) is 2. The minimum atomic E-state index is 0.463. The van der Waals surface area contributed by atoms with E-state index in [4.69, 9.17) is 19.8 Å². The maximum Gasteiger partial charge on any atom is 0.123 e. The summed E-state index contributed by atoms with van der Waals surface area (Å²) in [4.78, 5) is 2.29. The molecule has 0 spiro atoms. The summed E-state index contributed by atoms with van der Waals surface area (Å²) < 4.78 is 12.8. The average Bonchev–Trinajstić information content (AvgIpc) is 2.97. The number of aryl methyl sites for hydroxylation is 1. The van der Waals surface area contributed by atoms with Gasteiger partial charge in [0.25, 0.3) is 0 Å². The lowest BCUT2D eigenvalue weighted by Crippen LogP contribution is -2.27. The molecule has 1 aliphatic rings. The summed E-state index contributed by atoms with van der Waals surface area (Å²) in [6.45, 7) is 2.49. The molecule has 6 heteroatoms. The highest BCUT2D eigenvalue weighted by atomic mass is 16.5. The predicted molar refractivity (Wildman–Crippen MR) is 91.0 cm³/mol. The Morgan fingerprint density at radius 3 is 2.54 bits per heavy atom. The fourth-order valence-electron chi connectivity index (χ4n) is 3.14. The number of nitriles is 1. The number of hydrogen-bond acceptors (Lipinski definition) is 5. The molecule has 1 aromatic heterocycles. The lowest BCUT2D eigenvalue weighted by atomic mass is 10.0. The summed E-state index contributed by atoms with van der Waals surface area (Å²) in [5.74, 6) is 1.49. The highest BCUT2D eigenvalue weighted by Crippen LogP contribution is 2.34. The van der Waals surface area contributed by atoms with Gasteiger partial charge in [-0.3, -0.25) is 4.68 Å². The molecular formula is C18H22N4O2. The maximum absolute atomic E-state index is 8.90. The van der Waals surface area contributed by atoms with Gasteiger partial charge in [0.05, 0.1) is 38.9 Å². The Balaban J connectivity index is 2.10. The minimum absolute atomic E-state index is 0.463. The predicted octanol–water partition coefficient (Wildman–Crippen LogP) is 2.47. The molecule has 3 rings (SSSR count). The van der Waals surface area contributed by atoms with Gasteiger partial charge in [-0.25, -0.2) is 0 Å². The van der Waals surface area contributed by atoms with Gasteiger partial charge < -0.3 is 14.4 Å². The topological polar surface area (TPSA) is 63.3 Å². The molecule has 0 saturated heterocycles. The van der Waals surface area contributed by atoms with Gasteiger partial charge in [-0.15, -0.1) is 0 Å². The second kappa shape index (κ2) is 6.93. The van der Waals surface area contributed by atoms with Crippen LogP contribution < -0.4 is 9.47 Å². The zero-order chi connectivity index (χ0) is 17.1. The molecule has 2 aromatic rings. The van der Waals surface area contributed by atoms with Crippen LogP contribution in [0, 0.1) is 11.3 Å². The Labute approximate surface area is 142 Å². The number of hydrogen-bond donors (Lipinski definition) is 0. The van der Waals surface area contributed by atoms with E-state index in [0.717, 1.165) is 42.3 Å². The molecule has 0 bridgehead atoms. The Hall–Kier alpha value is -2.52. The van der Waals surface area contributed by atoms with Crippen LogP contribution in [0.5, 0.6) is 11.5 Å². The Kier molecular flexibility index (Phi) is 4.72. The van der Waals surface area contributed by atoms with Gasteiger partial charge in [0, 0.05) is 42.4 Å². The van der Waals surface area contributed by atoms with Crippen LogP contribution in [0.15, 0.2) is 18.2 Å². The van der Waals surface area contributed by atoms with E-state index in [1.54, 1.807) is 14.2 Å². The van der Waals surface area contributed by atoms with Gasteiger partial charge in [-0.05, 0) is 19.2 Å². The van der Waals surface area contributed by atoms with E-state index in [0.29, 0.717) is 13.0 Å². The highest BCUT2D eigenvalue weighted by Gasteiger charge is 2.24. The lowest BCUT2D eigenvalue weighted by Gasteiger charge is -2.23. The van der Waals surface area contributed by atoms with Gasteiger partial charge in [0.1, 0.15) is 11.5 Å². The van der Waals surface area contributed by atoms with Crippen LogP contribution >= 0.6 is 0 Å². The molecule has 126 valence electrons. The van der Waals surface area contributed by atoms with Crippen LogP contribution in [0.2, 0.25) is 0 Å². The van der Waals surface area contributed by atoms with Crippen LogP contribution in [0.3, 0.4) is 0 Å². The lowest BCUT2D eigenvalue weighted by molar-refractivity contribution is 0.307. The van der Waals surface area contributed by atoms with E-state index >= 15 is 0 Å². The fourth-order valence-corrected chi connectivity index (χ4v) is 3.14. The second-order valence-electron chi connectivity index (χ2n) is 5.99. The summed E-state index contributed by atoms with van der Waals surface area (Å²) >= 11 is 0. The zero-order valence-electron chi connectivity index (χ0n) is 14.4. The first-order valence-electron chi connectivity index (χ1n) is 8.03. The number of fused-ring (bicyclic) bond motifs is 1. The van der Waals surface area contributed by atoms with Crippen LogP contribution in [0.25, 0.3) is 11.3 Å². The van der Waals surface area contributed by atoms with Gasteiger partial charge in [0.2, 0.25) is 0 Å². The third kappa shape index (κ3) is 3.08. The van der Waals surface area contributed by atoms with Crippen molar-refractivity contribution in [3.63, 3.8) is 0 Å².